The minimum atomic E-state index is 0.473. The van der Waals surface area contributed by atoms with Crippen molar-refractivity contribution in [3.63, 3.8) is 0 Å². The summed E-state index contributed by atoms with van der Waals surface area (Å²) in [6.07, 6.45) is 1.66. The fourth-order valence-corrected chi connectivity index (χ4v) is 1.87. The molecule has 96 valence electrons. The molecule has 0 aliphatic carbocycles. The van der Waals surface area contributed by atoms with E-state index in [0.717, 1.165) is 22.6 Å². The summed E-state index contributed by atoms with van der Waals surface area (Å²) in [6.45, 7) is 1.94. The van der Waals surface area contributed by atoms with E-state index < -0.39 is 0 Å². The maximum Gasteiger partial charge on any atom is 0.294 e. The first-order valence-corrected chi connectivity index (χ1v) is 5.56. The zero-order chi connectivity index (χ0) is 13.1. The highest BCUT2D eigenvalue weighted by Crippen LogP contribution is 2.38. The molecule has 5 nitrogen and oxygen atoms in total. The number of nitrogens with one attached hydrogen (secondary N) is 1. The summed E-state index contributed by atoms with van der Waals surface area (Å²) in [7, 11) is 5.02. The van der Waals surface area contributed by atoms with Gasteiger partial charge in [-0.15, -0.1) is 0 Å². The Morgan fingerprint density at radius 2 is 2.00 bits per heavy atom. The third-order valence-electron chi connectivity index (χ3n) is 2.77. The first-order valence-electron chi connectivity index (χ1n) is 5.56. The molecule has 0 amide bonds. The SMILES string of the molecule is CNc1ncc(-c2ccc(OC)c(C)c2OC)o1. The van der Waals surface area contributed by atoms with Gasteiger partial charge in [0.2, 0.25) is 0 Å². The number of benzene rings is 1. The lowest BCUT2D eigenvalue weighted by molar-refractivity contribution is 0.389. The lowest BCUT2D eigenvalue weighted by Gasteiger charge is -2.12. The summed E-state index contributed by atoms with van der Waals surface area (Å²) >= 11 is 0. The molecule has 0 bridgehead atoms. The van der Waals surface area contributed by atoms with Gasteiger partial charge in [0.05, 0.1) is 26.0 Å². The zero-order valence-corrected chi connectivity index (χ0v) is 10.9. The van der Waals surface area contributed by atoms with Gasteiger partial charge in [0.1, 0.15) is 11.5 Å². The highest BCUT2D eigenvalue weighted by molar-refractivity contribution is 5.70. The van der Waals surface area contributed by atoms with Crippen LogP contribution in [0.1, 0.15) is 5.56 Å². The van der Waals surface area contributed by atoms with Crippen LogP contribution in [0.3, 0.4) is 0 Å². The third-order valence-corrected chi connectivity index (χ3v) is 2.77. The number of methoxy groups -OCH3 is 2. The van der Waals surface area contributed by atoms with Crippen molar-refractivity contribution < 1.29 is 13.9 Å². The molecule has 18 heavy (non-hydrogen) atoms. The molecule has 1 aromatic carbocycles. The van der Waals surface area contributed by atoms with Crippen molar-refractivity contribution in [3.8, 4) is 22.8 Å². The lowest BCUT2D eigenvalue weighted by atomic mass is 10.1. The van der Waals surface area contributed by atoms with Gasteiger partial charge in [-0.1, -0.05) is 0 Å². The maximum absolute atomic E-state index is 5.55. The van der Waals surface area contributed by atoms with E-state index >= 15 is 0 Å². The van der Waals surface area contributed by atoms with Crippen LogP contribution < -0.4 is 14.8 Å². The fraction of sp³-hybridized carbons (Fsp3) is 0.308. The van der Waals surface area contributed by atoms with Crippen molar-refractivity contribution >= 4 is 6.01 Å². The van der Waals surface area contributed by atoms with Gasteiger partial charge in [0.15, 0.2) is 5.76 Å². The van der Waals surface area contributed by atoms with Gasteiger partial charge in [0.25, 0.3) is 6.01 Å². The second-order valence-corrected chi connectivity index (χ2v) is 3.75. The molecule has 1 aromatic heterocycles. The molecule has 0 atom stereocenters. The van der Waals surface area contributed by atoms with E-state index in [9.17, 15) is 0 Å². The monoisotopic (exact) mass is 248 g/mol. The van der Waals surface area contributed by atoms with Gasteiger partial charge in [0, 0.05) is 12.6 Å². The molecule has 0 unspecified atom stereocenters. The van der Waals surface area contributed by atoms with Gasteiger partial charge in [-0.2, -0.15) is 0 Å². The highest BCUT2D eigenvalue weighted by Gasteiger charge is 2.15. The predicted octanol–water partition coefficient (Wildman–Crippen LogP) is 2.71. The Bertz CT molecular complexity index is 549. The number of oxazole rings is 1. The first-order chi connectivity index (χ1) is 8.71. The van der Waals surface area contributed by atoms with E-state index in [2.05, 4.69) is 10.3 Å². The number of aromatic nitrogens is 1. The fourth-order valence-electron chi connectivity index (χ4n) is 1.87. The molecule has 0 saturated heterocycles. The van der Waals surface area contributed by atoms with E-state index in [-0.39, 0.29) is 0 Å². The maximum atomic E-state index is 5.55. The van der Waals surface area contributed by atoms with Crippen LogP contribution in [0.4, 0.5) is 6.01 Å². The average Bonchev–Trinajstić information content (AvgIpc) is 2.87. The van der Waals surface area contributed by atoms with Gasteiger partial charge < -0.3 is 19.2 Å². The van der Waals surface area contributed by atoms with Crippen LogP contribution in [0, 0.1) is 6.92 Å². The van der Waals surface area contributed by atoms with Crippen molar-refractivity contribution in [1.29, 1.82) is 0 Å². The molecular formula is C13H16N2O3. The summed E-state index contributed by atoms with van der Waals surface area (Å²) in [4.78, 5) is 4.09. The third kappa shape index (κ3) is 1.99. The average molecular weight is 248 g/mol. The Balaban J connectivity index is 2.53. The van der Waals surface area contributed by atoms with Gasteiger partial charge in [-0.3, -0.25) is 0 Å². The van der Waals surface area contributed by atoms with E-state index in [1.165, 1.54) is 0 Å². The predicted molar refractivity (Wildman–Crippen MR) is 69.3 cm³/mol. The van der Waals surface area contributed by atoms with Crippen LogP contribution in [0.2, 0.25) is 0 Å². The number of ether oxygens (including phenoxy) is 2. The standard InChI is InChI=1S/C13H16N2O3/c1-8-10(16-3)6-5-9(12(8)17-4)11-7-15-13(14-2)18-11/h5-7H,1-4H3,(H,14,15). The normalized spacial score (nSPS) is 10.2. The van der Waals surface area contributed by atoms with Crippen LogP contribution in [-0.2, 0) is 0 Å². The lowest BCUT2D eigenvalue weighted by Crippen LogP contribution is -1.94. The Labute approximate surface area is 106 Å². The summed E-state index contributed by atoms with van der Waals surface area (Å²) in [5.41, 5.74) is 1.78. The zero-order valence-electron chi connectivity index (χ0n) is 10.9. The van der Waals surface area contributed by atoms with Crippen molar-refractivity contribution in [1.82, 2.24) is 4.98 Å². The first kappa shape index (κ1) is 12.3. The molecule has 5 heteroatoms. The highest BCUT2D eigenvalue weighted by atomic mass is 16.5. The summed E-state index contributed by atoms with van der Waals surface area (Å²) < 4.78 is 16.2. The number of hydrogen-bond acceptors (Lipinski definition) is 5. The smallest absolute Gasteiger partial charge is 0.294 e. The summed E-state index contributed by atoms with van der Waals surface area (Å²) in [6, 6.07) is 4.25. The number of rotatable bonds is 4. The minimum Gasteiger partial charge on any atom is -0.496 e. The van der Waals surface area contributed by atoms with Crippen molar-refractivity contribution in [2.24, 2.45) is 0 Å². The molecule has 0 radical (unpaired) electrons. The topological polar surface area (TPSA) is 56.5 Å². The Hall–Kier alpha value is -2.17. The van der Waals surface area contributed by atoms with Crippen molar-refractivity contribution in [2.45, 2.75) is 6.92 Å². The number of anilines is 1. The molecule has 1 N–H and O–H groups in total. The van der Waals surface area contributed by atoms with Crippen LogP contribution in [0.5, 0.6) is 11.5 Å². The van der Waals surface area contributed by atoms with Crippen LogP contribution in [0.25, 0.3) is 11.3 Å². The molecule has 0 aliphatic heterocycles. The Morgan fingerprint density at radius 3 is 2.56 bits per heavy atom. The second kappa shape index (κ2) is 5.00. The molecule has 1 heterocycles. The van der Waals surface area contributed by atoms with E-state index in [4.69, 9.17) is 13.9 Å². The molecule has 0 saturated carbocycles. The Morgan fingerprint density at radius 1 is 1.22 bits per heavy atom. The Kier molecular flexibility index (Phi) is 3.41. The molecule has 2 aromatic rings. The van der Waals surface area contributed by atoms with Gasteiger partial charge in [-0.05, 0) is 19.1 Å². The largest absolute Gasteiger partial charge is 0.496 e. The van der Waals surface area contributed by atoms with Crippen LogP contribution >= 0.6 is 0 Å². The quantitative estimate of drug-likeness (QED) is 0.901. The van der Waals surface area contributed by atoms with E-state index in [1.54, 1.807) is 27.5 Å². The van der Waals surface area contributed by atoms with Gasteiger partial charge in [-0.25, -0.2) is 4.98 Å². The molecule has 0 spiro atoms. The molecular weight excluding hydrogens is 232 g/mol. The summed E-state index contributed by atoms with van der Waals surface area (Å²) in [5.74, 6) is 2.17. The van der Waals surface area contributed by atoms with Gasteiger partial charge >= 0.3 is 0 Å². The van der Waals surface area contributed by atoms with E-state index in [1.807, 2.05) is 19.1 Å². The molecule has 2 rings (SSSR count). The molecule has 0 fully saturated rings. The number of nitrogens with zero attached hydrogens (tertiary/aromatic N) is 1. The van der Waals surface area contributed by atoms with Crippen LogP contribution in [-0.4, -0.2) is 26.3 Å². The minimum absolute atomic E-state index is 0.473. The van der Waals surface area contributed by atoms with Crippen molar-refractivity contribution in [3.05, 3.63) is 23.9 Å². The number of hydrogen-bond donors (Lipinski definition) is 1. The second-order valence-electron chi connectivity index (χ2n) is 3.75. The van der Waals surface area contributed by atoms with E-state index in [0.29, 0.717) is 11.8 Å². The van der Waals surface area contributed by atoms with Crippen molar-refractivity contribution in [2.75, 3.05) is 26.6 Å². The van der Waals surface area contributed by atoms with Crippen LogP contribution in [0.15, 0.2) is 22.7 Å². The molecule has 0 aliphatic rings. The summed E-state index contributed by atoms with van der Waals surface area (Å²) in [5, 5.41) is 2.85.